The van der Waals surface area contributed by atoms with Crippen LogP contribution in [0.3, 0.4) is 0 Å². The van der Waals surface area contributed by atoms with Crippen molar-refractivity contribution < 1.29 is 8.42 Å². The number of aryl methyl sites for hydroxylation is 1. The lowest BCUT2D eigenvalue weighted by Crippen LogP contribution is -2.26. The number of aromatic nitrogens is 4. The van der Waals surface area contributed by atoms with Crippen molar-refractivity contribution in [3.8, 4) is 11.5 Å². The summed E-state index contributed by atoms with van der Waals surface area (Å²) in [6.45, 7) is 7.43. The van der Waals surface area contributed by atoms with Crippen molar-refractivity contribution in [3.63, 3.8) is 0 Å². The van der Waals surface area contributed by atoms with Crippen LogP contribution in [0.25, 0.3) is 11.5 Å². The summed E-state index contributed by atoms with van der Waals surface area (Å²) < 4.78 is 24.8. The summed E-state index contributed by atoms with van der Waals surface area (Å²) in [5, 5.41) is 7.42. The maximum absolute atomic E-state index is 11.7. The molecule has 0 aliphatic heterocycles. The fourth-order valence-corrected chi connectivity index (χ4v) is 2.92. The van der Waals surface area contributed by atoms with Gasteiger partial charge < -0.3 is 0 Å². The van der Waals surface area contributed by atoms with E-state index in [1.54, 1.807) is 12.3 Å². The lowest BCUT2D eigenvalue weighted by Gasteiger charge is -2.24. The van der Waals surface area contributed by atoms with Crippen LogP contribution in [-0.4, -0.2) is 28.2 Å². The van der Waals surface area contributed by atoms with Gasteiger partial charge in [0.15, 0.2) is 5.82 Å². The Hall–Kier alpha value is -1.47. The van der Waals surface area contributed by atoms with Gasteiger partial charge >= 0.3 is 0 Å². The van der Waals surface area contributed by atoms with E-state index in [0.29, 0.717) is 11.5 Å². The molecule has 8 heteroatoms. The summed E-state index contributed by atoms with van der Waals surface area (Å²) in [5.74, 6) is 0.384. The van der Waals surface area contributed by atoms with Crippen molar-refractivity contribution in [1.82, 2.24) is 19.7 Å². The standard InChI is InChI=1S/C12H15ClN4O2S/c1-8-6-5-7-14-9(8)10-15-16-11(20(13,18)19)17(10)12(2,3)4/h5-7H,1-4H3. The van der Waals surface area contributed by atoms with Gasteiger partial charge in [0.05, 0.1) is 0 Å². The number of hydrogen-bond acceptors (Lipinski definition) is 5. The van der Waals surface area contributed by atoms with Crippen molar-refractivity contribution in [2.75, 3.05) is 0 Å². The van der Waals surface area contributed by atoms with Crippen LogP contribution < -0.4 is 0 Å². The quantitative estimate of drug-likeness (QED) is 0.795. The third-order valence-corrected chi connectivity index (χ3v) is 3.86. The van der Waals surface area contributed by atoms with E-state index in [0.717, 1.165) is 5.56 Å². The Kier molecular flexibility index (Phi) is 3.60. The van der Waals surface area contributed by atoms with E-state index in [2.05, 4.69) is 15.2 Å². The molecule has 0 aliphatic carbocycles. The zero-order valence-electron chi connectivity index (χ0n) is 11.6. The van der Waals surface area contributed by atoms with E-state index in [-0.39, 0.29) is 5.16 Å². The minimum Gasteiger partial charge on any atom is -0.290 e. The molecule has 0 spiro atoms. The van der Waals surface area contributed by atoms with Gasteiger partial charge in [-0.05, 0) is 39.3 Å². The van der Waals surface area contributed by atoms with Gasteiger partial charge in [-0.25, -0.2) is 8.42 Å². The molecule has 0 unspecified atom stereocenters. The first-order valence-electron chi connectivity index (χ1n) is 5.95. The molecule has 108 valence electrons. The topological polar surface area (TPSA) is 77.7 Å². The Morgan fingerprint density at radius 3 is 2.40 bits per heavy atom. The van der Waals surface area contributed by atoms with Crippen molar-refractivity contribution in [1.29, 1.82) is 0 Å². The molecule has 0 aromatic carbocycles. The van der Waals surface area contributed by atoms with E-state index in [9.17, 15) is 8.42 Å². The summed E-state index contributed by atoms with van der Waals surface area (Å²) >= 11 is 0. The molecule has 0 radical (unpaired) electrons. The molecule has 2 heterocycles. The predicted octanol–water partition coefficient (Wildman–Crippen LogP) is 2.33. The fourth-order valence-electron chi connectivity index (χ4n) is 1.91. The molecule has 0 saturated heterocycles. The first-order chi connectivity index (χ1) is 9.12. The maximum atomic E-state index is 11.7. The van der Waals surface area contributed by atoms with Gasteiger partial charge in [0, 0.05) is 22.4 Å². The molecule has 20 heavy (non-hydrogen) atoms. The molecule has 0 aliphatic rings. The molecule has 2 rings (SSSR count). The van der Waals surface area contributed by atoms with E-state index in [1.165, 1.54) is 4.57 Å². The largest absolute Gasteiger partial charge is 0.296 e. The predicted molar refractivity (Wildman–Crippen MR) is 76.0 cm³/mol. The number of nitrogens with zero attached hydrogens (tertiary/aromatic N) is 4. The van der Waals surface area contributed by atoms with Crippen LogP contribution in [-0.2, 0) is 14.6 Å². The zero-order valence-corrected chi connectivity index (χ0v) is 13.2. The Labute approximate surface area is 122 Å². The third-order valence-electron chi connectivity index (χ3n) is 2.74. The van der Waals surface area contributed by atoms with Crippen molar-refractivity contribution >= 4 is 19.7 Å². The maximum Gasteiger partial charge on any atom is 0.296 e. The van der Waals surface area contributed by atoms with Crippen molar-refractivity contribution in [3.05, 3.63) is 23.9 Å². The summed E-state index contributed by atoms with van der Waals surface area (Å²) in [6.07, 6.45) is 1.62. The van der Waals surface area contributed by atoms with Crippen LogP contribution in [0.5, 0.6) is 0 Å². The van der Waals surface area contributed by atoms with E-state index < -0.39 is 14.6 Å². The van der Waals surface area contributed by atoms with Gasteiger partial charge in [-0.2, -0.15) is 0 Å². The van der Waals surface area contributed by atoms with E-state index >= 15 is 0 Å². The van der Waals surface area contributed by atoms with Crippen LogP contribution >= 0.6 is 10.7 Å². The van der Waals surface area contributed by atoms with Gasteiger partial charge in [-0.1, -0.05) is 6.07 Å². The van der Waals surface area contributed by atoms with Crippen molar-refractivity contribution in [2.24, 2.45) is 0 Å². The first kappa shape index (κ1) is 14.9. The van der Waals surface area contributed by atoms with Gasteiger partial charge in [0.1, 0.15) is 5.69 Å². The number of pyridine rings is 1. The van der Waals surface area contributed by atoms with Gasteiger partial charge in [-0.3, -0.25) is 9.55 Å². The minimum atomic E-state index is -3.98. The molecule has 0 saturated carbocycles. The molecule has 2 aromatic rings. The molecular weight excluding hydrogens is 300 g/mol. The molecule has 6 nitrogen and oxygen atoms in total. The van der Waals surface area contributed by atoms with Gasteiger partial charge in [0.2, 0.25) is 0 Å². The number of hydrogen-bond donors (Lipinski definition) is 0. The van der Waals surface area contributed by atoms with Crippen LogP contribution in [0.1, 0.15) is 26.3 Å². The Morgan fingerprint density at radius 2 is 1.90 bits per heavy atom. The van der Waals surface area contributed by atoms with E-state index in [4.69, 9.17) is 10.7 Å². The third kappa shape index (κ3) is 2.69. The number of halogens is 1. The zero-order chi connectivity index (χ0) is 15.1. The first-order valence-corrected chi connectivity index (χ1v) is 8.26. The van der Waals surface area contributed by atoms with Gasteiger partial charge in [0.25, 0.3) is 14.2 Å². The van der Waals surface area contributed by atoms with Crippen LogP contribution in [0.4, 0.5) is 0 Å². The average Bonchev–Trinajstić information content (AvgIpc) is 2.73. The molecule has 0 bridgehead atoms. The number of rotatable bonds is 2. The van der Waals surface area contributed by atoms with Crippen LogP contribution in [0, 0.1) is 6.92 Å². The highest BCUT2D eigenvalue weighted by Crippen LogP contribution is 2.29. The van der Waals surface area contributed by atoms with Crippen LogP contribution in [0.2, 0.25) is 0 Å². The molecular formula is C12H15ClN4O2S. The molecule has 2 aromatic heterocycles. The SMILES string of the molecule is Cc1cccnc1-c1nnc(S(=O)(=O)Cl)n1C(C)(C)C. The second kappa shape index (κ2) is 4.82. The normalized spacial score (nSPS) is 12.7. The van der Waals surface area contributed by atoms with Gasteiger partial charge in [-0.15, -0.1) is 10.2 Å². The summed E-state index contributed by atoms with van der Waals surface area (Å²) in [4.78, 5) is 4.26. The summed E-state index contributed by atoms with van der Waals surface area (Å²) in [7, 11) is 1.46. The average molecular weight is 315 g/mol. The van der Waals surface area contributed by atoms with Crippen LogP contribution in [0.15, 0.2) is 23.5 Å². The Morgan fingerprint density at radius 1 is 1.25 bits per heavy atom. The highest BCUT2D eigenvalue weighted by atomic mass is 35.7. The molecule has 0 atom stereocenters. The lowest BCUT2D eigenvalue weighted by molar-refractivity contribution is 0.366. The Balaban J connectivity index is 2.81. The smallest absolute Gasteiger partial charge is 0.290 e. The second-order valence-electron chi connectivity index (χ2n) is 5.42. The van der Waals surface area contributed by atoms with E-state index in [1.807, 2.05) is 33.8 Å². The molecule has 0 amide bonds. The minimum absolute atomic E-state index is 0.272. The van der Waals surface area contributed by atoms with Crippen molar-refractivity contribution in [2.45, 2.75) is 38.4 Å². The monoisotopic (exact) mass is 314 g/mol. The fraction of sp³-hybridized carbons (Fsp3) is 0.417. The molecule has 0 fully saturated rings. The highest BCUT2D eigenvalue weighted by Gasteiger charge is 2.31. The summed E-state index contributed by atoms with van der Waals surface area (Å²) in [6, 6.07) is 3.68. The lowest BCUT2D eigenvalue weighted by atomic mass is 10.1. The molecule has 0 N–H and O–H groups in total. The highest BCUT2D eigenvalue weighted by molar-refractivity contribution is 8.13. The Bertz CT molecular complexity index is 747. The second-order valence-corrected chi connectivity index (χ2v) is 7.88. The summed E-state index contributed by atoms with van der Waals surface area (Å²) in [5.41, 5.74) is 0.908.